The number of hydrogen-bond donors (Lipinski definition) is 1. The van der Waals surface area contributed by atoms with Crippen molar-refractivity contribution < 1.29 is 4.79 Å². The number of nitrogens with zero attached hydrogens (tertiary/aromatic N) is 3. The standard InChI is InChI=1S/C23H22N4O2/c28-22-20(17-5-4-10-24-12-17)8-9-21-18-11-16(14-27(21)22)13-26(15-18)23(29)25-19-6-2-1-3-7-19/h1-10,12,16,18H,11,13-15H2,(H,25,29)/t16-,18-/m1/s1. The van der Waals surface area contributed by atoms with Gasteiger partial charge in [-0.2, -0.15) is 0 Å². The van der Waals surface area contributed by atoms with Crippen molar-refractivity contribution in [3.8, 4) is 11.1 Å². The molecule has 1 fully saturated rings. The zero-order valence-electron chi connectivity index (χ0n) is 16.0. The molecule has 2 atom stereocenters. The summed E-state index contributed by atoms with van der Waals surface area (Å²) in [5.41, 5.74) is 3.38. The Morgan fingerprint density at radius 3 is 2.66 bits per heavy atom. The number of amides is 2. The van der Waals surface area contributed by atoms with E-state index in [9.17, 15) is 9.59 Å². The van der Waals surface area contributed by atoms with E-state index in [-0.39, 0.29) is 23.4 Å². The highest BCUT2D eigenvalue weighted by Gasteiger charge is 2.36. The topological polar surface area (TPSA) is 67.2 Å². The number of piperidine rings is 1. The van der Waals surface area contributed by atoms with Gasteiger partial charge in [-0.3, -0.25) is 9.78 Å². The van der Waals surface area contributed by atoms with Crippen LogP contribution in [0.4, 0.5) is 10.5 Å². The van der Waals surface area contributed by atoms with Crippen LogP contribution in [0.1, 0.15) is 18.0 Å². The number of benzene rings is 1. The van der Waals surface area contributed by atoms with Crippen LogP contribution in [0.5, 0.6) is 0 Å². The number of hydrogen-bond acceptors (Lipinski definition) is 3. The number of anilines is 1. The molecule has 0 unspecified atom stereocenters. The first-order valence-electron chi connectivity index (χ1n) is 9.94. The molecule has 2 aromatic heterocycles. The van der Waals surface area contributed by atoms with Gasteiger partial charge in [0.25, 0.3) is 5.56 Å². The summed E-state index contributed by atoms with van der Waals surface area (Å²) < 4.78 is 1.91. The summed E-state index contributed by atoms with van der Waals surface area (Å²) in [7, 11) is 0. The predicted octanol–water partition coefficient (Wildman–Crippen LogP) is 3.56. The molecule has 0 saturated carbocycles. The van der Waals surface area contributed by atoms with Crippen LogP contribution in [-0.4, -0.2) is 33.6 Å². The Morgan fingerprint density at radius 2 is 1.86 bits per heavy atom. The van der Waals surface area contributed by atoms with Crippen LogP contribution < -0.4 is 10.9 Å². The summed E-state index contributed by atoms with van der Waals surface area (Å²) in [4.78, 5) is 31.9. The Kier molecular flexibility index (Phi) is 4.39. The number of carbonyl (C=O) groups is 1. The molecule has 1 aromatic carbocycles. The summed E-state index contributed by atoms with van der Waals surface area (Å²) in [6, 6.07) is 17.1. The third-order valence-corrected chi connectivity index (χ3v) is 5.89. The van der Waals surface area contributed by atoms with Crippen LogP contribution in [0.3, 0.4) is 0 Å². The van der Waals surface area contributed by atoms with E-state index in [2.05, 4.69) is 10.3 Å². The van der Waals surface area contributed by atoms with Crippen LogP contribution in [0.2, 0.25) is 0 Å². The van der Waals surface area contributed by atoms with Crippen molar-refractivity contribution in [1.29, 1.82) is 0 Å². The van der Waals surface area contributed by atoms with Gasteiger partial charge in [0, 0.05) is 60.5 Å². The van der Waals surface area contributed by atoms with Crippen molar-refractivity contribution >= 4 is 11.7 Å². The SMILES string of the molecule is O=C(Nc1ccccc1)N1C[C@H]2C[C@H](C1)c1ccc(-c3cccnc3)c(=O)n1C2. The highest BCUT2D eigenvalue weighted by Crippen LogP contribution is 2.36. The minimum atomic E-state index is -0.0753. The van der Waals surface area contributed by atoms with E-state index >= 15 is 0 Å². The molecular weight excluding hydrogens is 364 g/mol. The second-order valence-corrected chi connectivity index (χ2v) is 7.83. The number of pyridine rings is 2. The number of nitrogens with one attached hydrogen (secondary N) is 1. The number of likely N-dealkylation sites (tertiary alicyclic amines) is 1. The first kappa shape index (κ1) is 17.7. The lowest BCUT2D eigenvalue weighted by Crippen LogP contribution is -2.50. The fraction of sp³-hybridized carbons (Fsp3) is 0.261. The number of fused-ring (bicyclic) bond motifs is 4. The van der Waals surface area contributed by atoms with Gasteiger partial charge in [0.2, 0.25) is 0 Å². The summed E-state index contributed by atoms with van der Waals surface area (Å²) >= 11 is 0. The van der Waals surface area contributed by atoms with Crippen LogP contribution in [-0.2, 0) is 6.54 Å². The van der Waals surface area contributed by atoms with Gasteiger partial charge in [0.05, 0.1) is 0 Å². The fourth-order valence-corrected chi connectivity index (χ4v) is 4.58. The molecule has 1 saturated heterocycles. The number of urea groups is 1. The molecule has 29 heavy (non-hydrogen) atoms. The normalized spacial score (nSPS) is 20.1. The average Bonchev–Trinajstić information content (AvgIpc) is 2.76. The molecular formula is C23H22N4O2. The summed E-state index contributed by atoms with van der Waals surface area (Å²) in [5, 5.41) is 2.98. The number of aromatic nitrogens is 2. The highest BCUT2D eigenvalue weighted by molar-refractivity contribution is 5.89. The van der Waals surface area contributed by atoms with Crippen molar-refractivity contribution in [1.82, 2.24) is 14.5 Å². The molecule has 2 amide bonds. The van der Waals surface area contributed by atoms with Gasteiger partial charge in [-0.15, -0.1) is 0 Å². The fourth-order valence-electron chi connectivity index (χ4n) is 4.58. The predicted molar refractivity (Wildman–Crippen MR) is 112 cm³/mol. The zero-order chi connectivity index (χ0) is 19.8. The summed E-state index contributed by atoms with van der Waals surface area (Å²) in [6.07, 6.45) is 4.45. The maximum Gasteiger partial charge on any atom is 0.321 e. The largest absolute Gasteiger partial charge is 0.324 e. The maximum absolute atomic E-state index is 13.1. The van der Waals surface area contributed by atoms with Gasteiger partial charge in [0.15, 0.2) is 0 Å². The quantitative estimate of drug-likeness (QED) is 0.732. The average molecular weight is 386 g/mol. The van der Waals surface area contributed by atoms with Gasteiger partial charge in [-0.25, -0.2) is 4.79 Å². The van der Waals surface area contributed by atoms with Crippen molar-refractivity contribution in [3.63, 3.8) is 0 Å². The van der Waals surface area contributed by atoms with Gasteiger partial charge in [0.1, 0.15) is 0 Å². The number of rotatable bonds is 2. The van der Waals surface area contributed by atoms with Crippen molar-refractivity contribution in [2.45, 2.75) is 18.9 Å². The molecule has 5 rings (SSSR count). The first-order valence-corrected chi connectivity index (χ1v) is 9.94. The lowest BCUT2D eigenvalue weighted by Gasteiger charge is -2.42. The van der Waals surface area contributed by atoms with Crippen LogP contribution in [0.25, 0.3) is 11.1 Å². The minimum absolute atomic E-state index is 0.0346. The van der Waals surface area contributed by atoms with E-state index in [0.29, 0.717) is 25.2 Å². The monoisotopic (exact) mass is 386 g/mol. The molecule has 0 aliphatic carbocycles. The lowest BCUT2D eigenvalue weighted by molar-refractivity contribution is 0.139. The second kappa shape index (κ2) is 7.20. The molecule has 2 bridgehead atoms. The van der Waals surface area contributed by atoms with Crippen molar-refractivity contribution in [2.75, 3.05) is 18.4 Å². The molecule has 2 aliphatic heterocycles. The van der Waals surface area contributed by atoms with Crippen LogP contribution in [0, 0.1) is 5.92 Å². The second-order valence-electron chi connectivity index (χ2n) is 7.83. The first-order chi connectivity index (χ1) is 14.2. The van der Waals surface area contributed by atoms with Crippen LogP contribution in [0.15, 0.2) is 71.8 Å². The molecule has 3 aromatic rings. The van der Waals surface area contributed by atoms with E-state index in [1.54, 1.807) is 12.4 Å². The smallest absolute Gasteiger partial charge is 0.321 e. The van der Waals surface area contributed by atoms with Crippen LogP contribution >= 0.6 is 0 Å². The molecule has 6 nitrogen and oxygen atoms in total. The Balaban J connectivity index is 1.40. The van der Waals surface area contributed by atoms with Crippen molar-refractivity contribution in [2.24, 2.45) is 5.92 Å². The van der Waals surface area contributed by atoms with E-state index < -0.39 is 0 Å². The molecule has 146 valence electrons. The maximum atomic E-state index is 13.1. The lowest BCUT2D eigenvalue weighted by atomic mass is 9.83. The molecule has 6 heteroatoms. The third kappa shape index (κ3) is 3.31. The Hall–Kier alpha value is -3.41. The van der Waals surface area contributed by atoms with Gasteiger partial charge in [-0.1, -0.05) is 24.3 Å². The summed E-state index contributed by atoms with van der Waals surface area (Å²) in [6.45, 7) is 1.94. The van der Waals surface area contributed by atoms with E-state index in [0.717, 1.165) is 23.4 Å². The van der Waals surface area contributed by atoms with Gasteiger partial charge in [-0.05, 0) is 42.7 Å². The zero-order valence-corrected chi connectivity index (χ0v) is 16.0. The Labute approximate surface area is 168 Å². The molecule has 1 N–H and O–H groups in total. The van der Waals surface area contributed by atoms with Crippen molar-refractivity contribution in [3.05, 3.63) is 83.0 Å². The third-order valence-electron chi connectivity index (χ3n) is 5.89. The number of para-hydroxylation sites is 1. The van der Waals surface area contributed by atoms with Gasteiger partial charge < -0.3 is 14.8 Å². The Morgan fingerprint density at radius 1 is 1.00 bits per heavy atom. The molecule has 0 radical (unpaired) electrons. The summed E-state index contributed by atoms with van der Waals surface area (Å²) in [5.74, 6) is 0.462. The van der Waals surface area contributed by atoms with E-state index in [4.69, 9.17) is 0 Å². The molecule has 2 aliphatic rings. The van der Waals surface area contributed by atoms with Gasteiger partial charge >= 0.3 is 6.03 Å². The van der Waals surface area contributed by atoms with E-state index in [1.165, 1.54) is 0 Å². The highest BCUT2D eigenvalue weighted by atomic mass is 16.2. The minimum Gasteiger partial charge on any atom is -0.324 e. The number of carbonyl (C=O) groups excluding carboxylic acids is 1. The Bertz CT molecular complexity index is 1090. The van der Waals surface area contributed by atoms with E-state index in [1.807, 2.05) is 64.1 Å². The molecule has 0 spiro atoms. The molecule has 4 heterocycles.